The van der Waals surface area contributed by atoms with Crippen LogP contribution in [0.3, 0.4) is 0 Å². The van der Waals surface area contributed by atoms with Gasteiger partial charge < -0.3 is 16.2 Å². The zero-order chi connectivity index (χ0) is 11.6. The molecular formula is C10H20N4O. The summed E-state index contributed by atoms with van der Waals surface area (Å²) in [7, 11) is 1.85. The highest BCUT2D eigenvalue weighted by atomic mass is 16.3. The summed E-state index contributed by atoms with van der Waals surface area (Å²) >= 11 is 0. The van der Waals surface area contributed by atoms with Gasteiger partial charge in [0.2, 0.25) is 0 Å². The molecule has 0 radical (unpaired) electrons. The number of nitrogens with zero attached hydrogens (tertiary/aromatic N) is 2. The van der Waals surface area contributed by atoms with Crippen LogP contribution < -0.4 is 11.1 Å². The van der Waals surface area contributed by atoms with Crippen molar-refractivity contribution in [1.29, 1.82) is 0 Å². The summed E-state index contributed by atoms with van der Waals surface area (Å²) in [6, 6.07) is 0.159. The number of hydrogen-bond acceptors (Lipinski definition) is 4. The highest BCUT2D eigenvalue weighted by Gasteiger charge is 2.16. The van der Waals surface area contributed by atoms with Gasteiger partial charge in [-0.2, -0.15) is 5.10 Å². The van der Waals surface area contributed by atoms with Gasteiger partial charge >= 0.3 is 0 Å². The Morgan fingerprint density at radius 1 is 1.53 bits per heavy atom. The standard InChI is InChI=1S/C10H20N4O/c1-6(5-15)7(2)12-10-9(11)8(3)13-14(10)4/h6-7,12,15H,5,11H2,1-4H3. The van der Waals surface area contributed by atoms with Gasteiger partial charge in [0, 0.05) is 19.7 Å². The maximum atomic E-state index is 9.03. The third-order valence-electron chi connectivity index (χ3n) is 2.77. The molecule has 15 heavy (non-hydrogen) atoms. The van der Waals surface area contributed by atoms with Crippen LogP contribution in [0.15, 0.2) is 0 Å². The number of anilines is 2. The molecule has 0 aliphatic heterocycles. The molecule has 0 amide bonds. The third-order valence-corrected chi connectivity index (χ3v) is 2.77. The highest BCUT2D eigenvalue weighted by molar-refractivity contribution is 5.64. The summed E-state index contributed by atoms with van der Waals surface area (Å²) in [6.07, 6.45) is 0. The van der Waals surface area contributed by atoms with E-state index in [1.165, 1.54) is 0 Å². The molecular weight excluding hydrogens is 192 g/mol. The van der Waals surface area contributed by atoms with Crippen molar-refractivity contribution in [3.63, 3.8) is 0 Å². The Kier molecular flexibility index (Phi) is 3.57. The van der Waals surface area contributed by atoms with E-state index in [1.54, 1.807) is 4.68 Å². The number of nitrogen functional groups attached to an aromatic ring is 1. The quantitative estimate of drug-likeness (QED) is 0.688. The average Bonchev–Trinajstić information content (AvgIpc) is 2.43. The molecule has 0 bridgehead atoms. The van der Waals surface area contributed by atoms with Crippen molar-refractivity contribution in [2.75, 3.05) is 17.7 Å². The van der Waals surface area contributed by atoms with E-state index in [0.717, 1.165) is 11.5 Å². The first-order valence-electron chi connectivity index (χ1n) is 5.13. The summed E-state index contributed by atoms with van der Waals surface area (Å²) in [6.45, 7) is 6.03. The lowest BCUT2D eigenvalue weighted by Gasteiger charge is -2.20. The molecule has 0 saturated carbocycles. The van der Waals surface area contributed by atoms with E-state index in [9.17, 15) is 0 Å². The number of nitrogens with two attached hydrogens (primary N) is 1. The molecule has 5 nitrogen and oxygen atoms in total. The SMILES string of the molecule is Cc1nn(C)c(NC(C)C(C)CO)c1N. The molecule has 86 valence electrons. The number of aliphatic hydroxyl groups is 1. The summed E-state index contributed by atoms with van der Waals surface area (Å²) in [5, 5.41) is 16.5. The minimum absolute atomic E-state index is 0.158. The van der Waals surface area contributed by atoms with Crippen LogP contribution in [0.4, 0.5) is 11.5 Å². The molecule has 1 aromatic rings. The maximum absolute atomic E-state index is 9.03. The first-order valence-corrected chi connectivity index (χ1v) is 5.13. The summed E-state index contributed by atoms with van der Waals surface area (Å²) in [5.41, 5.74) is 7.38. The molecule has 0 saturated heterocycles. The van der Waals surface area contributed by atoms with Crippen molar-refractivity contribution >= 4 is 11.5 Å². The number of aromatic nitrogens is 2. The second kappa shape index (κ2) is 4.53. The lowest BCUT2D eigenvalue weighted by molar-refractivity contribution is 0.226. The van der Waals surface area contributed by atoms with Crippen LogP contribution in [0.2, 0.25) is 0 Å². The van der Waals surface area contributed by atoms with Gasteiger partial charge in [0.1, 0.15) is 5.82 Å². The van der Waals surface area contributed by atoms with Crippen LogP contribution in [-0.4, -0.2) is 27.5 Å². The smallest absolute Gasteiger partial charge is 0.147 e. The topological polar surface area (TPSA) is 76.1 Å². The predicted octanol–water partition coefficient (Wildman–Crippen LogP) is 0.740. The summed E-state index contributed by atoms with van der Waals surface area (Å²) < 4.78 is 1.73. The number of aryl methyl sites for hydroxylation is 2. The molecule has 0 aliphatic carbocycles. The molecule has 1 heterocycles. The Hall–Kier alpha value is -1.23. The van der Waals surface area contributed by atoms with Gasteiger partial charge in [-0.15, -0.1) is 0 Å². The molecule has 0 aliphatic rings. The largest absolute Gasteiger partial charge is 0.396 e. The molecule has 1 rings (SSSR count). The maximum Gasteiger partial charge on any atom is 0.147 e. The molecule has 4 N–H and O–H groups in total. The van der Waals surface area contributed by atoms with Crippen LogP contribution >= 0.6 is 0 Å². The van der Waals surface area contributed by atoms with Gasteiger partial charge in [-0.3, -0.25) is 4.68 Å². The van der Waals surface area contributed by atoms with Crippen molar-refractivity contribution < 1.29 is 5.11 Å². The molecule has 5 heteroatoms. The number of nitrogens with one attached hydrogen (secondary N) is 1. The lowest BCUT2D eigenvalue weighted by atomic mass is 10.1. The van der Waals surface area contributed by atoms with Crippen LogP contribution in [-0.2, 0) is 7.05 Å². The Morgan fingerprint density at radius 3 is 2.53 bits per heavy atom. The fourth-order valence-corrected chi connectivity index (χ4v) is 1.36. The molecule has 1 aromatic heterocycles. The minimum atomic E-state index is 0.158. The van der Waals surface area contributed by atoms with Crippen LogP contribution in [0, 0.1) is 12.8 Å². The zero-order valence-corrected chi connectivity index (χ0v) is 9.78. The molecule has 0 aromatic carbocycles. The Balaban J connectivity index is 2.80. The average molecular weight is 212 g/mol. The number of hydrogen-bond donors (Lipinski definition) is 3. The lowest BCUT2D eigenvalue weighted by Crippen LogP contribution is -2.27. The minimum Gasteiger partial charge on any atom is -0.396 e. The zero-order valence-electron chi connectivity index (χ0n) is 9.78. The molecule has 2 unspecified atom stereocenters. The van der Waals surface area contributed by atoms with Gasteiger partial charge in [-0.25, -0.2) is 0 Å². The van der Waals surface area contributed by atoms with Crippen molar-refractivity contribution in [2.45, 2.75) is 26.8 Å². The van der Waals surface area contributed by atoms with E-state index in [-0.39, 0.29) is 18.6 Å². The Morgan fingerprint density at radius 2 is 2.13 bits per heavy atom. The van der Waals surface area contributed by atoms with Crippen molar-refractivity contribution in [2.24, 2.45) is 13.0 Å². The van der Waals surface area contributed by atoms with E-state index < -0.39 is 0 Å². The van der Waals surface area contributed by atoms with Crippen molar-refractivity contribution in [1.82, 2.24) is 9.78 Å². The first kappa shape index (κ1) is 11.8. The van der Waals surface area contributed by atoms with Crippen LogP contribution in [0.1, 0.15) is 19.5 Å². The van der Waals surface area contributed by atoms with Gasteiger partial charge in [0.15, 0.2) is 0 Å². The summed E-state index contributed by atoms with van der Waals surface area (Å²) in [4.78, 5) is 0. The van der Waals surface area contributed by atoms with E-state index in [0.29, 0.717) is 5.69 Å². The second-order valence-corrected chi connectivity index (χ2v) is 4.06. The van der Waals surface area contributed by atoms with Crippen LogP contribution in [0.25, 0.3) is 0 Å². The van der Waals surface area contributed by atoms with Gasteiger partial charge in [0.05, 0.1) is 11.4 Å². The van der Waals surface area contributed by atoms with Gasteiger partial charge in [-0.05, 0) is 19.8 Å². The Bertz CT molecular complexity index is 334. The fourth-order valence-electron chi connectivity index (χ4n) is 1.36. The second-order valence-electron chi connectivity index (χ2n) is 4.06. The van der Waals surface area contributed by atoms with E-state index in [2.05, 4.69) is 10.4 Å². The highest BCUT2D eigenvalue weighted by Crippen LogP contribution is 2.22. The monoisotopic (exact) mass is 212 g/mol. The number of rotatable bonds is 4. The van der Waals surface area contributed by atoms with E-state index >= 15 is 0 Å². The van der Waals surface area contributed by atoms with Gasteiger partial charge in [0.25, 0.3) is 0 Å². The number of aliphatic hydroxyl groups excluding tert-OH is 1. The summed E-state index contributed by atoms with van der Waals surface area (Å²) in [5.74, 6) is 1.000. The molecule has 2 atom stereocenters. The predicted molar refractivity (Wildman–Crippen MR) is 61.7 cm³/mol. The molecule has 0 spiro atoms. The van der Waals surface area contributed by atoms with Crippen molar-refractivity contribution in [3.05, 3.63) is 5.69 Å². The normalized spacial score (nSPS) is 15.0. The van der Waals surface area contributed by atoms with Crippen LogP contribution in [0.5, 0.6) is 0 Å². The third kappa shape index (κ3) is 2.41. The van der Waals surface area contributed by atoms with E-state index in [1.807, 2.05) is 27.8 Å². The molecule has 0 fully saturated rings. The fraction of sp³-hybridized carbons (Fsp3) is 0.700. The van der Waals surface area contributed by atoms with Crippen molar-refractivity contribution in [3.8, 4) is 0 Å². The van der Waals surface area contributed by atoms with Gasteiger partial charge in [-0.1, -0.05) is 6.92 Å². The van der Waals surface area contributed by atoms with E-state index in [4.69, 9.17) is 10.8 Å². The first-order chi connectivity index (χ1) is 6.97. The Labute approximate surface area is 90.3 Å².